The maximum atomic E-state index is 13.4. The van der Waals surface area contributed by atoms with Gasteiger partial charge in [-0.3, -0.25) is 10.1 Å². The van der Waals surface area contributed by atoms with E-state index in [1.54, 1.807) is 6.07 Å². The third-order valence-corrected chi connectivity index (χ3v) is 8.73. The quantitative estimate of drug-likeness (QED) is 0.602. The standard InChI is InChI=1S/C22H32N4O4S2/c1-6-16(7-2)21-24-25-22(31-21)23-20(27)17-8-9-18(30-5)19(11-17)32(28,29)26-12-14(3)10-15(4)13-26/h8-9,11,14-16H,6-7,10,12-13H2,1-5H3,(H,23,25,27)/t14-,15+. The van der Waals surface area contributed by atoms with Crippen LogP contribution in [0.25, 0.3) is 0 Å². The Balaban J connectivity index is 1.86. The first-order valence-corrected chi connectivity index (χ1v) is 13.3. The van der Waals surface area contributed by atoms with Crippen LogP contribution in [-0.2, 0) is 10.0 Å². The number of methoxy groups -OCH3 is 1. The first-order valence-electron chi connectivity index (χ1n) is 11.0. The minimum absolute atomic E-state index is 0.00364. The molecule has 1 N–H and O–H groups in total. The summed E-state index contributed by atoms with van der Waals surface area (Å²) in [6, 6.07) is 4.46. The molecule has 2 atom stereocenters. The second-order valence-electron chi connectivity index (χ2n) is 8.55. The fraction of sp³-hybridized carbons (Fsp3) is 0.591. The number of nitrogens with zero attached hydrogens (tertiary/aromatic N) is 3. The fourth-order valence-corrected chi connectivity index (χ4v) is 7.08. The largest absolute Gasteiger partial charge is 0.495 e. The maximum Gasteiger partial charge on any atom is 0.257 e. The van der Waals surface area contributed by atoms with Crippen molar-refractivity contribution in [1.29, 1.82) is 0 Å². The van der Waals surface area contributed by atoms with Crippen molar-refractivity contribution in [1.82, 2.24) is 14.5 Å². The van der Waals surface area contributed by atoms with Gasteiger partial charge in [0.2, 0.25) is 15.2 Å². The molecular formula is C22H32N4O4S2. The van der Waals surface area contributed by atoms with Crippen LogP contribution >= 0.6 is 11.3 Å². The number of amides is 1. The lowest BCUT2D eigenvalue weighted by Gasteiger charge is -2.34. The first kappa shape index (κ1) is 24.6. The van der Waals surface area contributed by atoms with Crippen LogP contribution in [0.5, 0.6) is 5.75 Å². The van der Waals surface area contributed by atoms with Crippen LogP contribution in [0.3, 0.4) is 0 Å². The molecule has 176 valence electrons. The van der Waals surface area contributed by atoms with Gasteiger partial charge in [0.15, 0.2) is 0 Å². The number of hydrogen-bond acceptors (Lipinski definition) is 7. The van der Waals surface area contributed by atoms with E-state index >= 15 is 0 Å². The zero-order valence-corrected chi connectivity index (χ0v) is 20.9. The Morgan fingerprint density at radius 2 is 1.88 bits per heavy atom. The van der Waals surface area contributed by atoms with E-state index in [1.807, 2.05) is 0 Å². The third-order valence-electron chi connectivity index (χ3n) is 5.87. The number of carbonyl (C=O) groups is 1. The Morgan fingerprint density at radius 3 is 2.47 bits per heavy atom. The summed E-state index contributed by atoms with van der Waals surface area (Å²) in [5.74, 6) is 0.640. The number of hydrogen-bond donors (Lipinski definition) is 1. The van der Waals surface area contributed by atoms with Crippen molar-refractivity contribution < 1.29 is 17.9 Å². The van der Waals surface area contributed by atoms with Crippen LogP contribution in [0.1, 0.15) is 68.2 Å². The zero-order chi connectivity index (χ0) is 23.5. The van der Waals surface area contributed by atoms with Crippen LogP contribution in [0, 0.1) is 11.8 Å². The molecule has 0 spiro atoms. The topological polar surface area (TPSA) is 101 Å². The Bertz CT molecular complexity index is 1040. The molecule has 0 bridgehead atoms. The van der Waals surface area contributed by atoms with E-state index in [2.05, 4.69) is 43.2 Å². The van der Waals surface area contributed by atoms with Gasteiger partial charge in [0.25, 0.3) is 5.91 Å². The molecule has 32 heavy (non-hydrogen) atoms. The van der Waals surface area contributed by atoms with Crippen LogP contribution in [0.4, 0.5) is 5.13 Å². The summed E-state index contributed by atoms with van der Waals surface area (Å²) in [6.07, 6.45) is 2.89. The van der Waals surface area contributed by atoms with Crippen molar-refractivity contribution in [3.05, 3.63) is 28.8 Å². The monoisotopic (exact) mass is 480 g/mol. The average Bonchev–Trinajstić information content (AvgIpc) is 3.21. The van der Waals surface area contributed by atoms with Crippen molar-refractivity contribution >= 4 is 32.4 Å². The maximum absolute atomic E-state index is 13.4. The van der Waals surface area contributed by atoms with Gasteiger partial charge in [0, 0.05) is 24.6 Å². The van der Waals surface area contributed by atoms with Crippen molar-refractivity contribution in [3.63, 3.8) is 0 Å². The normalized spacial score (nSPS) is 19.8. The smallest absolute Gasteiger partial charge is 0.257 e. The molecule has 1 aliphatic heterocycles. The predicted molar refractivity (Wildman–Crippen MR) is 126 cm³/mol. The molecule has 1 aliphatic rings. The summed E-state index contributed by atoms with van der Waals surface area (Å²) < 4.78 is 33.7. The number of ether oxygens (including phenoxy) is 1. The van der Waals surface area contributed by atoms with Crippen LogP contribution < -0.4 is 10.1 Å². The SMILES string of the molecule is CCC(CC)c1nnc(NC(=O)c2ccc(OC)c(S(=O)(=O)N3C[C@H](C)C[C@H](C)C3)c2)s1. The van der Waals surface area contributed by atoms with E-state index in [0.717, 1.165) is 24.3 Å². The molecule has 0 saturated carbocycles. The molecule has 3 rings (SSSR count). The molecule has 2 heterocycles. The van der Waals surface area contributed by atoms with E-state index in [-0.39, 0.29) is 28.0 Å². The van der Waals surface area contributed by atoms with Gasteiger partial charge in [-0.2, -0.15) is 4.31 Å². The van der Waals surface area contributed by atoms with E-state index in [1.165, 1.54) is 34.9 Å². The van der Waals surface area contributed by atoms with Crippen LogP contribution in [-0.4, -0.2) is 49.0 Å². The fourth-order valence-electron chi connectivity index (χ4n) is 4.22. The first-order chi connectivity index (χ1) is 15.2. The molecule has 8 nitrogen and oxygen atoms in total. The van der Waals surface area contributed by atoms with E-state index < -0.39 is 15.9 Å². The van der Waals surface area contributed by atoms with Gasteiger partial charge >= 0.3 is 0 Å². The summed E-state index contributed by atoms with van der Waals surface area (Å²) in [7, 11) is -2.38. The molecule has 1 aromatic carbocycles. The highest BCUT2D eigenvalue weighted by Crippen LogP contribution is 2.33. The number of benzene rings is 1. The molecule has 1 amide bonds. The lowest BCUT2D eigenvalue weighted by molar-refractivity contribution is 0.102. The Morgan fingerprint density at radius 1 is 1.22 bits per heavy atom. The van der Waals surface area contributed by atoms with Gasteiger partial charge in [-0.15, -0.1) is 10.2 Å². The van der Waals surface area contributed by atoms with Gasteiger partial charge in [0.05, 0.1) is 7.11 Å². The molecule has 10 heteroatoms. The number of aromatic nitrogens is 2. The number of anilines is 1. The Hall–Kier alpha value is -2.04. The van der Waals surface area contributed by atoms with Crippen molar-refractivity contribution in [2.45, 2.75) is 57.8 Å². The summed E-state index contributed by atoms with van der Waals surface area (Å²) in [4.78, 5) is 12.9. The number of nitrogens with one attached hydrogen (secondary N) is 1. The molecule has 1 fully saturated rings. The molecule has 0 aliphatic carbocycles. The summed E-state index contributed by atoms with van der Waals surface area (Å²) in [5.41, 5.74) is 0.224. The molecular weight excluding hydrogens is 448 g/mol. The number of carbonyl (C=O) groups excluding carboxylic acids is 1. The summed E-state index contributed by atoms with van der Waals surface area (Å²) in [5, 5.41) is 12.3. The van der Waals surface area contributed by atoms with E-state index in [4.69, 9.17) is 4.74 Å². The van der Waals surface area contributed by atoms with Gasteiger partial charge in [0.1, 0.15) is 15.7 Å². The molecule has 1 saturated heterocycles. The van der Waals surface area contributed by atoms with Gasteiger partial charge < -0.3 is 4.74 Å². The number of rotatable bonds is 8. The molecule has 0 radical (unpaired) electrons. The molecule has 1 aromatic heterocycles. The zero-order valence-electron chi connectivity index (χ0n) is 19.3. The Kier molecular flexibility index (Phi) is 7.89. The summed E-state index contributed by atoms with van der Waals surface area (Å²) in [6.45, 7) is 9.20. The third kappa shape index (κ3) is 5.29. The van der Waals surface area contributed by atoms with Crippen molar-refractivity contribution in [2.75, 3.05) is 25.5 Å². The lowest BCUT2D eigenvalue weighted by Crippen LogP contribution is -2.42. The number of sulfonamides is 1. The minimum atomic E-state index is -3.81. The lowest BCUT2D eigenvalue weighted by atomic mass is 9.94. The second kappa shape index (κ2) is 10.3. The number of piperidine rings is 1. The predicted octanol–water partition coefficient (Wildman–Crippen LogP) is 4.37. The highest BCUT2D eigenvalue weighted by Gasteiger charge is 2.34. The average molecular weight is 481 g/mol. The van der Waals surface area contributed by atoms with Crippen LogP contribution in [0.2, 0.25) is 0 Å². The molecule has 0 unspecified atom stereocenters. The highest BCUT2D eigenvalue weighted by molar-refractivity contribution is 7.89. The minimum Gasteiger partial charge on any atom is -0.495 e. The van der Waals surface area contributed by atoms with E-state index in [0.29, 0.717) is 24.1 Å². The van der Waals surface area contributed by atoms with Crippen LogP contribution in [0.15, 0.2) is 23.1 Å². The Labute approximate surface area is 194 Å². The van der Waals surface area contributed by atoms with Crippen molar-refractivity contribution in [2.24, 2.45) is 11.8 Å². The second-order valence-corrected chi connectivity index (χ2v) is 11.5. The summed E-state index contributed by atoms with van der Waals surface area (Å²) >= 11 is 1.35. The highest BCUT2D eigenvalue weighted by atomic mass is 32.2. The molecule has 2 aromatic rings. The van der Waals surface area contributed by atoms with Gasteiger partial charge in [-0.1, -0.05) is 39.0 Å². The van der Waals surface area contributed by atoms with Gasteiger partial charge in [-0.05, 0) is 49.3 Å². The van der Waals surface area contributed by atoms with E-state index in [9.17, 15) is 13.2 Å². The van der Waals surface area contributed by atoms with Gasteiger partial charge in [-0.25, -0.2) is 8.42 Å². The van der Waals surface area contributed by atoms with Crippen molar-refractivity contribution in [3.8, 4) is 5.75 Å².